The van der Waals surface area contributed by atoms with Crippen LogP contribution in [0.2, 0.25) is 0 Å². The molecule has 3 nitrogen and oxygen atoms in total. The zero-order valence-corrected chi connectivity index (χ0v) is 11.4. The van der Waals surface area contributed by atoms with Crippen molar-refractivity contribution in [1.29, 1.82) is 0 Å². The lowest BCUT2D eigenvalue weighted by molar-refractivity contribution is 0.264. The molecule has 5 heteroatoms. The maximum atomic E-state index is 5.95. The van der Waals surface area contributed by atoms with Crippen molar-refractivity contribution < 1.29 is 9.47 Å². The molecule has 2 N–H and O–H groups in total. The lowest BCUT2D eigenvalue weighted by atomic mass is 10.3. The van der Waals surface area contributed by atoms with E-state index < -0.39 is 0 Å². The molecule has 0 radical (unpaired) electrons. The molecule has 0 spiro atoms. The first-order chi connectivity index (χ1) is 7.13. The first-order valence-electron chi connectivity index (χ1n) is 4.88. The van der Waals surface area contributed by atoms with E-state index in [4.69, 9.17) is 15.2 Å². The molecule has 90 valence electrons. The van der Waals surface area contributed by atoms with Crippen molar-refractivity contribution in [3.05, 3.63) is 22.7 Å². The summed E-state index contributed by atoms with van der Waals surface area (Å²) in [5.74, 6) is 1.48. The number of methoxy groups -OCH3 is 1. The van der Waals surface area contributed by atoms with Crippen molar-refractivity contribution in [3.63, 3.8) is 0 Å². The van der Waals surface area contributed by atoms with Crippen molar-refractivity contribution in [2.24, 2.45) is 5.73 Å². The third kappa shape index (κ3) is 3.27. The third-order valence-electron chi connectivity index (χ3n) is 2.53. The fraction of sp³-hybridized carbons (Fsp3) is 0.455. The van der Waals surface area contributed by atoms with Crippen LogP contribution in [0.1, 0.15) is 12.8 Å². The number of nitrogens with two attached hydrogens (primary N) is 1. The van der Waals surface area contributed by atoms with Crippen LogP contribution in [0.5, 0.6) is 11.5 Å². The third-order valence-corrected chi connectivity index (χ3v) is 3.03. The molecule has 1 aliphatic carbocycles. The molecule has 0 aromatic heterocycles. The van der Waals surface area contributed by atoms with Crippen molar-refractivity contribution in [1.82, 2.24) is 0 Å². The van der Waals surface area contributed by atoms with Gasteiger partial charge in [-0.05, 0) is 31.0 Å². The summed E-state index contributed by atoms with van der Waals surface area (Å²) in [6.45, 7) is 0.555. The molecule has 0 bridgehead atoms. The largest absolute Gasteiger partial charge is 0.493 e. The molecule has 1 aromatic rings. The topological polar surface area (TPSA) is 44.5 Å². The quantitative estimate of drug-likeness (QED) is 0.930. The Morgan fingerprint density at radius 3 is 2.62 bits per heavy atom. The van der Waals surface area contributed by atoms with Crippen molar-refractivity contribution >= 4 is 28.3 Å². The second kappa shape index (κ2) is 5.25. The van der Waals surface area contributed by atoms with Gasteiger partial charge in [0, 0.05) is 4.47 Å². The van der Waals surface area contributed by atoms with Crippen LogP contribution in [0, 0.1) is 0 Å². The monoisotopic (exact) mass is 307 g/mol. The normalized spacial score (nSPS) is 16.2. The van der Waals surface area contributed by atoms with Crippen LogP contribution in [0.15, 0.2) is 22.7 Å². The van der Waals surface area contributed by atoms with Crippen LogP contribution in [-0.2, 0) is 0 Å². The van der Waals surface area contributed by atoms with Gasteiger partial charge in [-0.2, -0.15) is 0 Å². The Balaban J connectivity index is 0.00000128. The van der Waals surface area contributed by atoms with Crippen molar-refractivity contribution in [2.45, 2.75) is 18.4 Å². The molecule has 0 unspecified atom stereocenters. The summed E-state index contributed by atoms with van der Waals surface area (Å²) in [7, 11) is 1.63. The van der Waals surface area contributed by atoms with Gasteiger partial charge in [0.2, 0.25) is 0 Å². The molecule has 1 aliphatic rings. The summed E-state index contributed by atoms with van der Waals surface area (Å²) >= 11 is 3.39. The van der Waals surface area contributed by atoms with E-state index in [1.54, 1.807) is 7.11 Å². The summed E-state index contributed by atoms with van der Waals surface area (Å²) in [5.41, 5.74) is 5.84. The zero-order chi connectivity index (χ0) is 10.9. The van der Waals surface area contributed by atoms with Gasteiger partial charge in [-0.25, -0.2) is 0 Å². The number of hydrogen-bond donors (Lipinski definition) is 1. The van der Waals surface area contributed by atoms with Gasteiger partial charge in [0.25, 0.3) is 0 Å². The molecule has 1 saturated carbocycles. The molecular weight excluding hydrogens is 293 g/mol. The number of halogens is 2. The second-order valence-corrected chi connectivity index (χ2v) is 4.86. The minimum absolute atomic E-state index is 0. The average molecular weight is 309 g/mol. The van der Waals surface area contributed by atoms with Crippen molar-refractivity contribution in [2.75, 3.05) is 13.7 Å². The molecule has 1 fully saturated rings. The van der Waals surface area contributed by atoms with Crippen LogP contribution in [0.4, 0.5) is 0 Å². The summed E-state index contributed by atoms with van der Waals surface area (Å²) in [6, 6.07) is 5.68. The van der Waals surface area contributed by atoms with Crippen LogP contribution < -0.4 is 15.2 Å². The maximum absolute atomic E-state index is 5.95. The highest BCUT2D eigenvalue weighted by Gasteiger charge is 2.39. The zero-order valence-electron chi connectivity index (χ0n) is 9.03. The fourth-order valence-electron chi connectivity index (χ4n) is 1.29. The van der Waals surface area contributed by atoms with E-state index >= 15 is 0 Å². The van der Waals surface area contributed by atoms with Gasteiger partial charge in [0.1, 0.15) is 6.61 Å². The number of ether oxygens (including phenoxy) is 2. The van der Waals surface area contributed by atoms with E-state index in [0.717, 1.165) is 28.8 Å². The van der Waals surface area contributed by atoms with E-state index in [1.165, 1.54) is 0 Å². The summed E-state index contributed by atoms with van der Waals surface area (Å²) in [5, 5.41) is 0. The van der Waals surface area contributed by atoms with Gasteiger partial charge >= 0.3 is 0 Å². The second-order valence-electron chi connectivity index (χ2n) is 3.95. The van der Waals surface area contributed by atoms with Gasteiger partial charge in [-0.15, -0.1) is 12.4 Å². The van der Waals surface area contributed by atoms with Crippen LogP contribution >= 0.6 is 28.3 Å². The summed E-state index contributed by atoms with van der Waals surface area (Å²) in [6.07, 6.45) is 2.09. The van der Waals surface area contributed by atoms with Gasteiger partial charge in [0.05, 0.1) is 12.6 Å². The molecule has 0 aliphatic heterocycles. The van der Waals surface area contributed by atoms with Crippen LogP contribution in [-0.4, -0.2) is 19.3 Å². The van der Waals surface area contributed by atoms with E-state index in [-0.39, 0.29) is 17.9 Å². The highest BCUT2D eigenvalue weighted by Crippen LogP contribution is 2.35. The van der Waals surface area contributed by atoms with Crippen molar-refractivity contribution in [3.8, 4) is 11.5 Å². The number of hydrogen-bond acceptors (Lipinski definition) is 3. The summed E-state index contributed by atoms with van der Waals surface area (Å²) < 4.78 is 11.8. The lowest BCUT2D eigenvalue weighted by Crippen LogP contribution is -2.29. The van der Waals surface area contributed by atoms with E-state index in [2.05, 4.69) is 15.9 Å². The SMILES string of the molecule is COc1ccc(Br)cc1OCC1(N)CC1.Cl. The molecule has 1 aromatic carbocycles. The Hall–Kier alpha value is -0.450. The molecule has 0 atom stereocenters. The molecule has 2 rings (SSSR count). The van der Waals surface area contributed by atoms with Crippen LogP contribution in [0.25, 0.3) is 0 Å². The highest BCUT2D eigenvalue weighted by atomic mass is 79.9. The Bertz CT molecular complexity index is 369. The van der Waals surface area contributed by atoms with Gasteiger partial charge in [-0.1, -0.05) is 15.9 Å². The Morgan fingerprint density at radius 1 is 1.38 bits per heavy atom. The van der Waals surface area contributed by atoms with E-state index in [9.17, 15) is 0 Å². The standard InChI is InChI=1S/C11H14BrNO2.ClH/c1-14-9-3-2-8(12)6-10(9)15-7-11(13)4-5-11;/h2-3,6H,4-5,7,13H2,1H3;1H. The van der Waals surface area contributed by atoms with Gasteiger partial charge < -0.3 is 15.2 Å². The lowest BCUT2D eigenvalue weighted by Gasteiger charge is -2.14. The summed E-state index contributed by atoms with van der Waals surface area (Å²) in [4.78, 5) is 0. The Kier molecular flexibility index (Phi) is 4.47. The first kappa shape index (κ1) is 13.6. The van der Waals surface area contributed by atoms with E-state index in [1.807, 2.05) is 18.2 Å². The minimum Gasteiger partial charge on any atom is -0.493 e. The molecule has 16 heavy (non-hydrogen) atoms. The highest BCUT2D eigenvalue weighted by molar-refractivity contribution is 9.10. The average Bonchev–Trinajstić information content (AvgIpc) is 2.95. The molecule has 0 saturated heterocycles. The van der Waals surface area contributed by atoms with Gasteiger partial charge in [0.15, 0.2) is 11.5 Å². The van der Waals surface area contributed by atoms with Gasteiger partial charge in [-0.3, -0.25) is 0 Å². The molecule has 0 amide bonds. The Labute approximate surface area is 110 Å². The number of benzene rings is 1. The fourth-order valence-corrected chi connectivity index (χ4v) is 1.63. The first-order valence-corrected chi connectivity index (χ1v) is 5.67. The minimum atomic E-state index is -0.104. The number of rotatable bonds is 4. The predicted molar refractivity (Wildman–Crippen MR) is 69.6 cm³/mol. The molecule has 0 heterocycles. The van der Waals surface area contributed by atoms with E-state index in [0.29, 0.717) is 6.61 Å². The van der Waals surface area contributed by atoms with Crippen LogP contribution in [0.3, 0.4) is 0 Å². The predicted octanol–water partition coefficient (Wildman–Crippen LogP) is 2.75. The molecular formula is C11H15BrClNO2. The Morgan fingerprint density at radius 2 is 2.06 bits per heavy atom. The smallest absolute Gasteiger partial charge is 0.162 e. The maximum Gasteiger partial charge on any atom is 0.162 e.